The molecule has 5 aliphatic rings. The molecule has 2 saturated heterocycles. The topological polar surface area (TPSA) is 48.8 Å². The molecule has 4 nitrogen and oxygen atoms in total. The first-order chi connectivity index (χ1) is 11.3. The van der Waals surface area contributed by atoms with E-state index >= 15 is 0 Å². The van der Waals surface area contributed by atoms with Crippen molar-refractivity contribution in [3.05, 3.63) is 35.3 Å². The quantitative estimate of drug-likeness (QED) is 0.723. The third-order valence-corrected chi connectivity index (χ3v) is 5.69. The number of hydrogen-bond donors (Lipinski definition) is 2. The maximum Gasteiger partial charge on any atom is 0.0659 e. The molecule has 3 atom stereocenters. The molecule has 2 N–H and O–H groups in total. The molecule has 3 unspecified atom stereocenters. The Morgan fingerprint density at radius 3 is 2.65 bits per heavy atom. The summed E-state index contributed by atoms with van der Waals surface area (Å²) in [7, 11) is 0. The summed E-state index contributed by atoms with van der Waals surface area (Å²) in [4.78, 5) is 9.87. The Labute approximate surface area is 137 Å². The Balaban J connectivity index is 1.51. The maximum atomic E-state index is 5.01. The smallest absolute Gasteiger partial charge is 0.0659 e. The molecule has 0 radical (unpaired) electrons. The number of nitrogens with zero attached hydrogens (tertiary/aromatic N) is 2. The molecular formula is C19H24N4. The average Bonchev–Trinajstić information content (AvgIpc) is 3.28. The van der Waals surface area contributed by atoms with Crippen LogP contribution in [0.25, 0.3) is 0 Å². The van der Waals surface area contributed by atoms with Gasteiger partial charge in [-0.05, 0) is 69.6 Å². The fourth-order valence-electron chi connectivity index (χ4n) is 4.50. The van der Waals surface area contributed by atoms with Crippen molar-refractivity contribution in [2.45, 2.75) is 69.5 Å². The van der Waals surface area contributed by atoms with Crippen LogP contribution >= 0.6 is 0 Å². The molecule has 0 amide bonds. The van der Waals surface area contributed by atoms with Crippen molar-refractivity contribution < 1.29 is 0 Å². The third-order valence-electron chi connectivity index (χ3n) is 5.69. The summed E-state index contributed by atoms with van der Waals surface area (Å²) in [6.45, 7) is 0. The van der Waals surface area contributed by atoms with Gasteiger partial charge in [0.1, 0.15) is 0 Å². The van der Waals surface area contributed by atoms with E-state index in [4.69, 9.17) is 9.98 Å². The molecule has 0 aliphatic carbocycles. The Hall–Kier alpha value is -1.68. The second-order valence-corrected chi connectivity index (χ2v) is 7.41. The molecule has 0 aromatic rings. The van der Waals surface area contributed by atoms with Crippen LogP contribution in [0.15, 0.2) is 45.3 Å². The summed E-state index contributed by atoms with van der Waals surface area (Å²) >= 11 is 0. The van der Waals surface area contributed by atoms with E-state index in [1.165, 1.54) is 47.8 Å². The van der Waals surface area contributed by atoms with Gasteiger partial charge in [-0.15, -0.1) is 0 Å². The molecule has 0 aromatic heterocycles. The predicted octanol–water partition coefficient (Wildman–Crippen LogP) is 2.99. The van der Waals surface area contributed by atoms with Gasteiger partial charge < -0.3 is 10.6 Å². The van der Waals surface area contributed by atoms with Crippen molar-refractivity contribution in [3.63, 3.8) is 0 Å². The molecule has 8 bridgehead atoms. The lowest BCUT2D eigenvalue weighted by molar-refractivity contribution is 0.473. The van der Waals surface area contributed by atoms with Crippen LogP contribution in [0.2, 0.25) is 0 Å². The van der Waals surface area contributed by atoms with E-state index in [1.807, 2.05) is 0 Å². The van der Waals surface area contributed by atoms with Crippen molar-refractivity contribution >= 4 is 11.4 Å². The van der Waals surface area contributed by atoms with Gasteiger partial charge >= 0.3 is 0 Å². The van der Waals surface area contributed by atoms with Crippen molar-refractivity contribution in [3.8, 4) is 0 Å². The number of fused-ring (bicyclic) bond motifs is 7. The van der Waals surface area contributed by atoms with Crippen molar-refractivity contribution in [2.75, 3.05) is 0 Å². The van der Waals surface area contributed by atoms with E-state index in [1.54, 1.807) is 0 Å². The molecule has 2 fully saturated rings. The zero-order valence-corrected chi connectivity index (χ0v) is 13.5. The summed E-state index contributed by atoms with van der Waals surface area (Å²) < 4.78 is 0. The number of nitrogens with one attached hydrogen (secondary N) is 2. The standard InChI is InChI=1S/C19H24N4/c1-3-14-10-16-5-7-18(22-16)19-8-6-17(23-19)11-15-4-2-13(21-15)9-12(1)20-14/h9-11,16,18-19,21-22H,1-8H2. The van der Waals surface area contributed by atoms with Crippen LogP contribution in [-0.2, 0) is 0 Å². The third kappa shape index (κ3) is 2.69. The highest BCUT2D eigenvalue weighted by atomic mass is 15.0. The summed E-state index contributed by atoms with van der Waals surface area (Å²) in [5.41, 5.74) is 6.45. The largest absolute Gasteiger partial charge is 0.362 e. The van der Waals surface area contributed by atoms with Crippen LogP contribution < -0.4 is 10.6 Å². The fourth-order valence-corrected chi connectivity index (χ4v) is 4.50. The van der Waals surface area contributed by atoms with Gasteiger partial charge in [-0.1, -0.05) is 0 Å². The Morgan fingerprint density at radius 2 is 1.74 bits per heavy atom. The molecule has 0 spiro atoms. The van der Waals surface area contributed by atoms with Crippen molar-refractivity contribution in [2.24, 2.45) is 9.98 Å². The summed E-state index contributed by atoms with van der Waals surface area (Å²) in [5, 5.41) is 7.39. The number of aliphatic imine (C=N–C) groups is 2. The molecule has 23 heavy (non-hydrogen) atoms. The number of hydrogen-bond acceptors (Lipinski definition) is 4. The Bertz CT molecular complexity index is 679. The first-order valence-electron chi connectivity index (χ1n) is 9.11. The molecule has 0 aromatic carbocycles. The van der Waals surface area contributed by atoms with Gasteiger partial charge in [-0.2, -0.15) is 0 Å². The van der Waals surface area contributed by atoms with E-state index in [0.29, 0.717) is 18.1 Å². The predicted molar refractivity (Wildman–Crippen MR) is 93.7 cm³/mol. The van der Waals surface area contributed by atoms with E-state index in [-0.39, 0.29) is 0 Å². The number of rotatable bonds is 0. The van der Waals surface area contributed by atoms with Gasteiger partial charge in [0.15, 0.2) is 0 Å². The summed E-state index contributed by atoms with van der Waals surface area (Å²) in [5.74, 6) is 0. The lowest BCUT2D eigenvalue weighted by Gasteiger charge is -2.17. The van der Waals surface area contributed by atoms with Gasteiger partial charge in [-0.25, -0.2) is 0 Å². The molecule has 5 aliphatic heterocycles. The van der Waals surface area contributed by atoms with Gasteiger partial charge in [0.2, 0.25) is 0 Å². The van der Waals surface area contributed by atoms with Gasteiger partial charge in [0.25, 0.3) is 0 Å². The van der Waals surface area contributed by atoms with E-state index in [9.17, 15) is 0 Å². The van der Waals surface area contributed by atoms with Gasteiger partial charge in [0, 0.05) is 40.6 Å². The van der Waals surface area contributed by atoms with Crippen LogP contribution in [0.3, 0.4) is 0 Å². The molecule has 0 saturated carbocycles. The zero-order chi connectivity index (χ0) is 15.2. The van der Waals surface area contributed by atoms with Gasteiger partial charge in [0.05, 0.1) is 6.04 Å². The zero-order valence-electron chi connectivity index (χ0n) is 13.5. The van der Waals surface area contributed by atoms with Crippen molar-refractivity contribution in [1.29, 1.82) is 0 Å². The van der Waals surface area contributed by atoms with Crippen LogP contribution in [0.1, 0.15) is 51.4 Å². The second kappa shape index (κ2) is 5.45. The second-order valence-electron chi connectivity index (χ2n) is 7.41. The maximum absolute atomic E-state index is 5.01. The fraction of sp³-hybridized carbons (Fsp3) is 0.579. The lowest BCUT2D eigenvalue weighted by Crippen LogP contribution is -2.36. The molecule has 4 heteroatoms. The minimum Gasteiger partial charge on any atom is -0.362 e. The van der Waals surface area contributed by atoms with Gasteiger partial charge in [-0.3, -0.25) is 9.98 Å². The van der Waals surface area contributed by atoms with Crippen LogP contribution in [0.4, 0.5) is 0 Å². The highest BCUT2D eigenvalue weighted by Crippen LogP contribution is 2.29. The molecule has 120 valence electrons. The van der Waals surface area contributed by atoms with Crippen molar-refractivity contribution in [1.82, 2.24) is 10.6 Å². The highest BCUT2D eigenvalue weighted by Gasteiger charge is 2.32. The van der Waals surface area contributed by atoms with Crippen LogP contribution in [0, 0.1) is 0 Å². The SMILES string of the molecule is C1=C2CCC(=N2)C=C2CCC(=CC3=NC(CC3)C3CCC1N3)N2. The minimum absolute atomic E-state index is 0.467. The first-order valence-corrected chi connectivity index (χ1v) is 9.11. The van der Waals surface area contributed by atoms with Crippen LogP contribution in [0.5, 0.6) is 0 Å². The Morgan fingerprint density at radius 1 is 0.870 bits per heavy atom. The van der Waals surface area contributed by atoms with Crippen LogP contribution in [-0.4, -0.2) is 29.5 Å². The monoisotopic (exact) mass is 308 g/mol. The Kier molecular flexibility index (Phi) is 3.25. The summed E-state index contributed by atoms with van der Waals surface area (Å²) in [6.07, 6.45) is 16.1. The number of allylic oxidation sites excluding steroid dienone is 5. The normalized spacial score (nSPS) is 35.5. The lowest BCUT2D eigenvalue weighted by atomic mass is 10.0. The summed E-state index contributed by atoms with van der Waals surface area (Å²) in [6, 6.07) is 1.51. The minimum atomic E-state index is 0.467. The van der Waals surface area contributed by atoms with E-state index in [2.05, 4.69) is 28.9 Å². The van der Waals surface area contributed by atoms with E-state index < -0.39 is 0 Å². The molecule has 5 heterocycles. The first kappa shape index (κ1) is 13.7. The molecular weight excluding hydrogens is 284 g/mol. The highest BCUT2D eigenvalue weighted by molar-refractivity contribution is 5.98. The molecule has 5 rings (SSSR count). The van der Waals surface area contributed by atoms with E-state index in [0.717, 1.165) is 32.1 Å². The average molecular weight is 308 g/mol.